The van der Waals surface area contributed by atoms with E-state index in [2.05, 4.69) is 58.6 Å². The Morgan fingerprint density at radius 1 is 0.875 bits per heavy atom. The molecule has 214 valence electrons. The number of nitrogens with one attached hydrogen (secondary N) is 3. The maximum absolute atomic E-state index is 13.3. The summed E-state index contributed by atoms with van der Waals surface area (Å²) >= 11 is 0. The lowest BCUT2D eigenvalue weighted by Gasteiger charge is -2.33. The summed E-state index contributed by atoms with van der Waals surface area (Å²) in [4.78, 5) is 51.2. The van der Waals surface area contributed by atoms with Crippen LogP contribution >= 0.6 is 0 Å². The first kappa shape index (κ1) is 28.0. The van der Waals surface area contributed by atoms with Gasteiger partial charge in [-0.1, -0.05) is 0 Å². The average molecular weight is 549 g/mol. The summed E-state index contributed by atoms with van der Waals surface area (Å²) in [5, 5.41) is 17.5. The van der Waals surface area contributed by atoms with Crippen LogP contribution in [0.3, 0.4) is 0 Å². The number of hydrogen-bond acceptors (Lipinski definition) is 8. The summed E-state index contributed by atoms with van der Waals surface area (Å²) in [6, 6.07) is 5.32. The van der Waals surface area contributed by atoms with E-state index >= 15 is 0 Å². The quantitative estimate of drug-likeness (QED) is 0.342. The Hall–Kier alpha value is -3.50. The van der Waals surface area contributed by atoms with Crippen molar-refractivity contribution in [3.05, 3.63) is 49.4 Å². The standard InChI is InChI=1S/C30H40N6O4/c1-35(2)19-9-5-17(6-10-19)31-16-22-24(38)15-25(39)29-27(22)34-28-23(37)14-13-21(26(28)33-29)30(40)32-18-7-11-20(12-8-18)36(3)4/h13-20,31,33,38H,5-12H2,1-4H3,(H,32,40). The van der Waals surface area contributed by atoms with E-state index in [1.165, 1.54) is 12.1 Å². The zero-order valence-electron chi connectivity index (χ0n) is 23.8. The molecule has 0 bridgehead atoms. The lowest BCUT2D eigenvalue weighted by Crippen LogP contribution is -2.42. The van der Waals surface area contributed by atoms with Crippen LogP contribution in [-0.2, 0) is 0 Å². The highest BCUT2D eigenvalue weighted by Gasteiger charge is 2.25. The zero-order valence-corrected chi connectivity index (χ0v) is 23.8. The van der Waals surface area contributed by atoms with Gasteiger partial charge in [-0.15, -0.1) is 0 Å². The number of phenolic OH excluding ortho intramolecular Hbond substituents is 1. The van der Waals surface area contributed by atoms with Crippen LogP contribution < -0.4 is 26.7 Å². The number of aromatic nitrogens is 2. The molecule has 10 heteroatoms. The largest absolute Gasteiger partial charge is 0.507 e. The first-order chi connectivity index (χ1) is 19.1. The predicted octanol–water partition coefficient (Wildman–Crippen LogP) is 1.66. The third-order valence-corrected chi connectivity index (χ3v) is 8.79. The third-order valence-electron chi connectivity index (χ3n) is 8.79. The van der Waals surface area contributed by atoms with E-state index in [1.807, 2.05) is 0 Å². The van der Waals surface area contributed by atoms with E-state index in [0.29, 0.717) is 17.3 Å². The fourth-order valence-corrected chi connectivity index (χ4v) is 6.22. The van der Waals surface area contributed by atoms with Gasteiger partial charge in [-0.3, -0.25) is 14.4 Å². The number of aromatic amines is 1. The molecule has 1 aromatic heterocycles. The second kappa shape index (κ2) is 11.5. The van der Waals surface area contributed by atoms with Gasteiger partial charge in [0.2, 0.25) is 10.9 Å². The number of nitrogens with zero attached hydrogens (tertiary/aromatic N) is 3. The van der Waals surface area contributed by atoms with Crippen LogP contribution in [-0.4, -0.2) is 83.1 Å². The number of rotatable bonds is 6. The number of benzene rings is 2. The molecule has 10 nitrogen and oxygen atoms in total. The molecule has 0 aliphatic heterocycles. The van der Waals surface area contributed by atoms with E-state index in [4.69, 9.17) is 0 Å². The molecule has 2 aromatic carbocycles. The van der Waals surface area contributed by atoms with Crippen molar-refractivity contribution in [1.29, 1.82) is 0 Å². The number of aromatic hydroxyl groups is 1. The van der Waals surface area contributed by atoms with Gasteiger partial charge < -0.3 is 30.5 Å². The molecule has 0 radical (unpaired) electrons. The monoisotopic (exact) mass is 548 g/mol. The smallest absolute Gasteiger partial charge is 0.253 e. The second-order valence-electron chi connectivity index (χ2n) is 11.8. The summed E-state index contributed by atoms with van der Waals surface area (Å²) < 4.78 is 0. The van der Waals surface area contributed by atoms with Crippen molar-refractivity contribution in [3.8, 4) is 5.75 Å². The van der Waals surface area contributed by atoms with Crippen LogP contribution in [0.5, 0.6) is 5.75 Å². The summed E-state index contributed by atoms with van der Waals surface area (Å²) in [5.41, 5.74) is 0.0610. The van der Waals surface area contributed by atoms with Gasteiger partial charge >= 0.3 is 0 Å². The van der Waals surface area contributed by atoms with Gasteiger partial charge in [0, 0.05) is 36.4 Å². The van der Waals surface area contributed by atoms with Crippen molar-refractivity contribution < 1.29 is 9.90 Å². The van der Waals surface area contributed by atoms with Crippen LogP contribution in [0.2, 0.25) is 0 Å². The molecule has 2 fully saturated rings. The van der Waals surface area contributed by atoms with Crippen LogP contribution in [0.4, 0.5) is 0 Å². The van der Waals surface area contributed by atoms with E-state index in [0.717, 1.165) is 57.4 Å². The van der Waals surface area contributed by atoms with Crippen LogP contribution in [0.25, 0.3) is 28.3 Å². The number of amides is 1. The molecule has 0 atom stereocenters. The lowest BCUT2D eigenvalue weighted by molar-refractivity contribution is 0.0917. The number of phenols is 1. The Balaban J connectivity index is 1.47. The van der Waals surface area contributed by atoms with E-state index in [1.54, 1.807) is 6.20 Å². The molecule has 0 saturated heterocycles. The van der Waals surface area contributed by atoms with Gasteiger partial charge in [0.05, 0.1) is 16.3 Å². The molecular formula is C30H40N6O4. The molecule has 5 rings (SSSR count). The van der Waals surface area contributed by atoms with Gasteiger partial charge in [-0.05, 0) is 91.7 Å². The summed E-state index contributed by atoms with van der Waals surface area (Å²) in [6.07, 6.45) is 9.57. The van der Waals surface area contributed by atoms with Crippen molar-refractivity contribution >= 4 is 34.2 Å². The molecule has 2 aliphatic carbocycles. The highest BCUT2D eigenvalue weighted by Crippen LogP contribution is 2.23. The number of hydrogen-bond donors (Lipinski definition) is 4. The topological polar surface area (TPSA) is 131 Å². The lowest BCUT2D eigenvalue weighted by atomic mass is 9.90. The van der Waals surface area contributed by atoms with E-state index in [9.17, 15) is 19.5 Å². The minimum atomic E-state index is -0.463. The van der Waals surface area contributed by atoms with Gasteiger partial charge in [0.15, 0.2) is 0 Å². The molecule has 3 aromatic rings. The Morgan fingerprint density at radius 2 is 1.48 bits per heavy atom. The van der Waals surface area contributed by atoms with Crippen molar-refractivity contribution in [3.63, 3.8) is 0 Å². The molecule has 1 heterocycles. The van der Waals surface area contributed by atoms with Gasteiger partial charge in [-0.2, -0.15) is 0 Å². The van der Waals surface area contributed by atoms with Crippen molar-refractivity contribution in [2.45, 2.75) is 75.5 Å². The first-order valence-corrected chi connectivity index (χ1v) is 14.2. The molecule has 1 amide bonds. The van der Waals surface area contributed by atoms with E-state index < -0.39 is 5.43 Å². The number of fused-ring (bicyclic) bond motifs is 2. The van der Waals surface area contributed by atoms with Gasteiger partial charge in [-0.25, -0.2) is 4.98 Å². The molecule has 2 aliphatic rings. The molecule has 40 heavy (non-hydrogen) atoms. The SMILES string of the molecule is CN(C)C1CCC(NC=c2c(O)cc(=O)c3[nH]c4c(C(=O)NC5CCC(N(C)C)CC5)ccc(=O)c4nc23)CC1. The van der Waals surface area contributed by atoms with Gasteiger partial charge in [0.25, 0.3) is 5.91 Å². The number of carbonyl (C=O) groups is 1. The first-order valence-electron chi connectivity index (χ1n) is 14.2. The molecule has 0 spiro atoms. The Kier molecular flexibility index (Phi) is 8.09. The maximum atomic E-state index is 13.3. The van der Waals surface area contributed by atoms with Crippen molar-refractivity contribution in [2.24, 2.45) is 0 Å². The summed E-state index contributed by atoms with van der Waals surface area (Å²) in [7, 11) is 8.35. The normalized spacial score (nSPS) is 24.2. The number of carbonyl (C=O) groups excluding carboxylic acids is 1. The van der Waals surface area contributed by atoms with Crippen molar-refractivity contribution in [1.82, 2.24) is 30.4 Å². The molecule has 0 unspecified atom stereocenters. The van der Waals surface area contributed by atoms with Crippen LogP contribution in [0.15, 0.2) is 27.8 Å². The molecule has 2 saturated carbocycles. The minimum Gasteiger partial charge on any atom is -0.507 e. The fraction of sp³-hybridized carbons (Fsp3) is 0.533. The van der Waals surface area contributed by atoms with Crippen LogP contribution in [0, 0.1) is 0 Å². The Morgan fingerprint density at radius 3 is 2.08 bits per heavy atom. The fourth-order valence-electron chi connectivity index (χ4n) is 6.22. The van der Waals surface area contributed by atoms with Gasteiger partial charge in [0.1, 0.15) is 22.3 Å². The predicted molar refractivity (Wildman–Crippen MR) is 158 cm³/mol. The molecular weight excluding hydrogens is 508 g/mol. The maximum Gasteiger partial charge on any atom is 0.253 e. The second-order valence-corrected chi connectivity index (χ2v) is 11.8. The van der Waals surface area contributed by atoms with Crippen molar-refractivity contribution in [2.75, 3.05) is 28.2 Å². The van der Waals surface area contributed by atoms with Crippen LogP contribution in [0.1, 0.15) is 61.7 Å². The summed E-state index contributed by atoms with van der Waals surface area (Å²) in [6.45, 7) is 0. The molecule has 4 N–H and O–H groups in total. The number of H-pyrrole nitrogens is 1. The Labute approximate surface area is 233 Å². The zero-order chi connectivity index (χ0) is 28.6. The Bertz CT molecular complexity index is 1570. The minimum absolute atomic E-state index is 0.0474. The summed E-state index contributed by atoms with van der Waals surface area (Å²) in [5.74, 6) is -0.509. The third kappa shape index (κ3) is 5.69. The highest BCUT2D eigenvalue weighted by molar-refractivity contribution is 6.06. The highest BCUT2D eigenvalue weighted by atomic mass is 16.3. The van der Waals surface area contributed by atoms with E-state index in [-0.39, 0.29) is 56.8 Å². The average Bonchev–Trinajstić information content (AvgIpc) is 2.93.